The largest absolute Gasteiger partial charge is 0.508 e. The van der Waals surface area contributed by atoms with Gasteiger partial charge in [-0.1, -0.05) is 68.2 Å². The molecule has 1 saturated heterocycles. The van der Waals surface area contributed by atoms with Gasteiger partial charge in [-0.3, -0.25) is 19.2 Å². The fraction of sp³-hybridized carbons (Fsp3) is 0.800. The first-order chi connectivity index (χ1) is 19.7. The number of urea groups is 1. The van der Waals surface area contributed by atoms with Gasteiger partial charge in [0.1, 0.15) is 18.7 Å². The second-order valence-electron chi connectivity index (χ2n) is 15.0. The third kappa shape index (κ3) is 7.97. The van der Waals surface area contributed by atoms with E-state index >= 15 is 0 Å². The molecule has 0 radical (unpaired) electrons. The van der Waals surface area contributed by atoms with Crippen LogP contribution in [0.5, 0.6) is 0 Å². The first-order valence-electron chi connectivity index (χ1n) is 14.9. The van der Waals surface area contributed by atoms with Crippen molar-refractivity contribution in [3.63, 3.8) is 0 Å². The SMILES string of the molecule is COC(=O)OC[C@@H](NC(=O)NC(C(=O)N1C[C@H]2[C@@H]([C@H]1C(=O)NC(CC1CC1)C(=O)C(N)=O)C2(C)C)C(C)(C)C)C(C)(C)C. The Bertz CT molecular complexity index is 1140. The van der Waals surface area contributed by atoms with Gasteiger partial charge in [-0.2, -0.15) is 0 Å². The van der Waals surface area contributed by atoms with E-state index in [1.54, 1.807) is 0 Å². The molecule has 1 aliphatic heterocycles. The van der Waals surface area contributed by atoms with Crippen LogP contribution in [0.15, 0.2) is 0 Å². The van der Waals surface area contributed by atoms with Gasteiger partial charge in [-0.25, -0.2) is 9.59 Å². The van der Waals surface area contributed by atoms with Crippen LogP contribution >= 0.6 is 0 Å². The number of nitrogens with zero attached hydrogens (tertiary/aromatic N) is 1. The Labute approximate surface area is 253 Å². The summed E-state index contributed by atoms with van der Waals surface area (Å²) in [4.78, 5) is 78.4. The Balaban J connectivity index is 1.80. The van der Waals surface area contributed by atoms with Crippen molar-refractivity contribution in [3.8, 4) is 0 Å². The Kier molecular flexibility index (Phi) is 9.77. The van der Waals surface area contributed by atoms with Crippen LogP contribution < -0.4 is 21.7 Å². The third-order valence-corrected chi connectivity index (χ3v) is 9.18. The number of nitrogens with two attached hydrogens (primary N) is 1. The number of rotatable bonds is 11. The van der Waals surface area contributed by atoms with E-state index in [9.17, 15) is 28.8 Å². The zero-order chi connectivity index (χ0) is 32.7. The summed E-state index contributed by atoms with van der Waals surface area (Å²) in [7, 11) is 1.19. The van der Waals surface area contributed by atoms with Crippen molar-refractivity contribution in [3.05, 3.63) is 0 Å². The molecule has 0 bridgehead atoms. The normalized spacial score (nSPS) is 24.5. The number of nitrogens with one attached hydrogen (secondary N) is 3. The highest BCUT2D eigenvalue weighted by atomic mass is 16.7. The number of ether oxygens (including phenoxy) is 2. The molecule has 2 saturated carbocycles. The molecule has 5 amide bonds. The highest BCUT2D eigenvalue weighted by molar-refractivity contribution is 6.37. The minimum atomic E-state index is -1.11. The number of carbonyl (C=O) groups is 6. The van der Waals surface area contributed by atoms with Gasteiger partial charge in [0.2, 0.25) is 17.6 Å². The first kappa shape index (κ1) is 34.1. The quantitative estimate of drug-likeness (QED) is 0.202. The molecule has 0 aromatic heterocycles. The summed E-state index contributed by atoms with van der Waals surface area (Å²) in [5.41, 5.74) is 3.83. The van der Waals surface area contributed by atoms with Gasteiger partial charge in [-0.15, -0.1) is 0 Å². The maximum absolute atomic E-state index is 14.1. The fourth-order valence-electron chi connectivity index (χ4n) is 6.02. The number of ketones is 1. The summed E-state index contributed by atoms with van der Waals surface area (Å²) in [6.07, 6.45) is 1.27. The minimum Gasteiger partial charge on any atom is -0.438 e. The topological polar surface area (TPSA) is 186 Å². The number of primary amides is 1. The van der Waals surface area contributed by atoms with E-state index in [0.717, 1.165) is 12.8 Å². The second-order valence-corrected chi connectivity index (χ2v) is 15.0. The molecule has 242 valence electrons. The summed E-state index contributed by atoms with van der Waals surface area (Å²) >= 11 is 0. The number of carbonyl (C=O) groups excluding carboxylic acids is 6. The average Bonchev–Trinajstić information content (AvgIpc) is 3.74. The van der Waals surface area contributed by atoms with Crippen molar-refractivity contribution < 1.29 is 38.2 Å². The number of piperidine rings is 1. The zero-order valence-corrected chi connectivity index (χ0v) is 26.9. The van der Waals surface area contributed by atoms with E-state index in [1.807, 2.05) is 55.4 Å². The predicted molar refractivity (Wildman–Crippen MR) is 156 cm³/mol. The lowest BCUT2D eigenvalue weighted by Crippen LogP contribution is -2.62. The van der Waals surface area contributed by atoms with E-state index in [-0.39, 0.29) is 29.8 Å². The summed E-state index contributed by atoms with van der Waals surface area (Å²) < 4.78 is 9.60. The standard InChI is InChI=1S/C30H49N5O8/c1-28(2,3)18(14-43-27(41)42-9)33-26(40)34-22(29(4,5)6)25(39)35-13-16-19(30(16,7)8)20(35)24(38)32-17(12-15-10-11-15)21(36)23(31)37/h15-20,22H,10-14H2,1-9H3,(H2,31,37)(H,32,38)(H2,33,34,40)/t16-,17?,18+,19-,20-,22?/m0/s1. The number of hydrogen-bond acceptors (Lipinski definition) is 8. The molecule has 2 unspecified atom stereocenters. The molecule has 0 aromatic rings. The van der Waals surface area contributed by atoms with Gasteiger partial charge in [0.15, 0.2) is 0 Å². The van der Waals surface area contributed by atoms with Crippen LogP contribution in [0, 0.1) is 34.0 Å². The molecule has 1 heterocycles. The Morgan fingerprint density at radius 3 is 2.05 bits per heavy atom. The van der Waals surface area contributed by atoms with E-state index in [0.29, 0.717) is 13.0 Å². The van der Waals surface area contributed by atoms with Crippen LogP contribution in [0.2, 0.25) is 0 Å². The van der Waals surface area contributed by atoms with Crippen LogP contribution in [-0.2, 0) is 28.7 Å². The van der Waals surface area contributed by atoms with Crippen molar-refractivity contribution >= 4 is 35.7 Å². The highest BCUT2D eigenvalue weighted by Gasteiger charge is 2.70. The zero-order valence-electron chi connectivity index (χ0n) is 26.9. The van der Waals surface area contributed by atoms with E-state index in [2.05, 4.69) is 20.7 Å². The Hall–Kier alpha value is -3.38. The van der Waals surface area contributed by atoms with Crippen LogP contribution in [0.25, 0.3) is 0 Å². The summed E-state index contributed by atoms with van der Waals surface area (Å²) in [5, 5.41) is 8.35. The Morgan fingerprint density at radius 2 is 1.56 bits per heavy atom. The molecule has 6 atom stereocenters. The van der Waals surface area contributed by atoms with Crippen LogP contribution in [0.3, 0.4) is 0 Å². The number of likely N-dealkylation sites (tertiary alicyclic amines) is 1. The molecule has 2 aliphatic carbocycles. The lowest BCUT2D eigenvalue weighted by molar-refractivity contribution is -0.145. The first-order valence-corrected chi connectivity index (χ1v) is 14.9. The molecule has 0 spiro atoms. The van der Waals surface area contributed by atoms with Gasteiger partial charge in [0, 0.05) is 6.54 Å². The average molecular weight is 608 g/mol. The van der Waals surface area contributed by atoms with Crippen LogP contribution in [0.1, 0.15) is 74.7 Å². The molecule has 43 heavy (non-hydrogen) atoms. The van der Waals surface area contributed by atoms with E-state index < -0.39 is 70.7 Å². The number of fused-ring (bicyclic) bond motifs is 1. The van der Waals surface area contributed by atoms with Crippen molar-refractivity contribution in [2.45, 2.75) is 98.8 Å². The summed E-state index contributed by atoms with van der Waals surface area (Å²) in [6.45, 7) is 15.3. The Morgan fingerprint density at radius 1 is 0.953 bits per heavy atom. The lowest BCUT2D eigenvalue weighted by Gasteiger charge is -2.38. The predicted octanol–water partition coefficient (Wildman–Crippen LogP) is 1.72. The number of methoxy groups -OCH3 is 1. The molecule has 5 N–H and O–H groups in total. The third-order valence-electron chi connectivity index (χ3n) is 9.18. The van der Waals surface area contributed by atoms with Crippen molar-refractivity contribution in [2.24, 2.45) is 39.7 Å². The number of hydrogen-bond donors (Lipinski definition) is 4. The minimum absolute atomic E-state index is 0.0658. The second kappa shape index (κ2) is 12.3. The van der Waals surface area contributed by atoms with E-state index in [4.69, 9.17) is 10.5 Å². The number of Topliss-reactive ketones (excluding diaryl/α,β-unsaturated/α-hetero) is 1. The van der Waals surface area contributed by atoms with Crippen LogP contribution in [0.4, 0.5) is 9.59 Å². The van der Waals surface area contributed by atoms with Crippen molar-refractivity contribution in [2.75, 3.05) is 20.3 Å². The van der Waals surface area contributed by atoms with Crippen LogP contribution in [-0.4, -0.2) is 85.0 Å². The molecule has 13 heteroatoms. The summed E-state index contributed by atoms with van der Waals surface area (Å²) in [5.74, 6) is -2.72. The lowest BCUT2D eigenvalue weighted by atomic mass is 9.85. The van der Waals surface area contributed by atoms with Gasteiger partial charge >= 0.3 is 12.2 Å². The van der Waals surface area contributed by atoms with Gasteiger partial charge in [-0.05, 0) is 40.4 Å². The van der Waals surface area contributed by atoms with Gasteiger partial charge < -0.3 is 36.1 Å². The fourth-order valence-corrected chi connectivity index (χ4v) is 6.02. The maximum Gasteiger partial charge on any atom is 0.508 e. The molecule has 0 aromatic carbocycles. The van der Waals surface area contributed by atoms with Crippen molar-refractivity contribution in [1.82, 2.24) is 20.9 Å². The molecule has 3 fully saturated rings. The van der Waals surface area contributed by atoms with Gasteiger partial charge in [0.25, 0.3) is 5.91 Å². The molecule has 3 rings (SSSR count). The maximum atomic E-state index is 14.1. The monoisotopic (exact) mass is 607 g/mol. The molecule has 3 aliphatic rings. The smallest absolute Gasteiger partial charge is 0.438 e. The molecular formula is C30H49N5O8. The number of amides is 5. The molecular weight excluding hydrogens is 558 g/mol. The van der Waals surface area contributed by atoms with Crippen molar-refractivity contribution in [1.29, 1.82) is 0 Å². The summed E-state index contributed by atoms with van der Waals surface area (Å²) in [6, 6.07) is -4.17. The highest BCUT2D eigenvalue weighted by Crippen LogP contribution is 2.65. The van der Waals surface area contributed by atoms with E-state index in [1.165, 1.54) is 12.0 Å². The molecule has 13 nitrogen and oxygen atoms in total. The van der Waals surface area contributed by atoms with Gasteiger partial charge in [0.05, 0.1) is 19.2 Å².